The highest BCUT2D eigenvalue weighted by Crippen LogP contribution is 2.14. The van der Waals surface area contributed by atoms with Crippen molar-refractivity contribution in [2.24, 2.45) is 0 Å². The van der Waals surface area contributed by atoms with Crippen LogP contribution in [0.1, 0.15) is 23.3 Å². The van der Waals surface area contributed by atoms with E-state index in [2.05, 4.69) is 9.97 Å². The highest BCUT2D eigenvalue weighted by Gasteiger charge is 2.21. The number of likely N-dealkylation sites (tertiary alicyclic amines) is 1. The molecule has 1 aromatic heterocycles. The number of carbonyl (C=O) groups is 2. The molecule has 0 aliphatic carbocycles. The first-order valence-corrected chi connectivity index (χ1v) is 8.07. The van der Waals surface area contributed by atoms with E-state index in [0.29, 0.717) is 31.0 Å². The lowest BCUT2D eigenvalue weighted by molar-refractivity contribution is -0.127. The van der Waals surface area contributed by atoms with Gasteiger partial charge in [-0.1, -0.05) is 30.3 Å². The average Bonchev–Trinajstić information content (AvgIpc) is 3.05. The number of rotatable bonds is 5. The fourth-order valence-electron chi connectivity index (χ4n) is 2.71. The van der Waals surface area contributed by atoms with E-state index >= 15 is 0 Å². The van der Waals surface area contributed by atoms with E-state index in [4.69, 9.17) is 0 Å². The Labute approximate surface area is 141 Å². The monoisotopic (exact) mass is 324 g/mol. The summed E-state index contributed by atoms with van der Waals surface area (Å²) in [6.07, 6.45) is 3.12. The lowest BCUT2D eigenvalue weighted by atomic mass is 10.2. The number of benzene rings is 1. The summed E-state index contributed by atoms with van der Waals surface area (Å²) < 4.78 is 0. The molecule has 1 aromatic carbocycles. The Hall–Kier alpha value is -2.76. The molecule has 0 saturated carbocycles. The molecule has 124 valence electrons. The van der Waals surface area contributed by atoms with E-state index in [-0.39, 0.29) is 11.8 Å². The van der Waals surface area contributed by atoms with E-state index < -0.39 is 0 Å². The van der Waals surface area contributed by atoms with Crippen molar-refractivity contribution in [2.45, 2.75) is 12.8 Å². The predicted octanol–water partition coefficient (Wildman–Crippen LogP) is 1.84. The van der Waals surface area contributed by atoms with Crippen molar-refractivity contribution >= 4 is 11.8 Å². The van der Waals surface area contributed by atoms with E-state index in [0.717, 1.165) is 18.5 Å². The number of amides is 2. The van der Waals surface area contributed by atoms with Crippen molar-refractivity contribution < 1.29 is 9.59 Å². The molecule has 0 radical (unpaired) electrons. The predicted molar refractivity (Wildman–Crippen MR) is 90.2 cm³/mol. The highest BCUT2D eigenvalue weighted by atomic mass is 16.2. The lowest BCUT2D eigenvalue weighted by Crippen LogP contribution is -2.37. The Bertz CT molecular complexity index is 733. The molecule has 1 fully saturated rings. The average molecular weight is 324 g/mol. The molecule has 6 nitrogen and oxygen atoms in total. The lowest BCUT2D eigenvalue weighted by Gasteiger charge is -2.21. The summed E-state index contributed by atoms with van der Waals surface area (Å²) >= 11 is 0. The van der Waals surface area contributed by atoms with Crippen LogP contribution in [0.3, 0.4) is 0 Å². The molecule has 0 spiro atoms. The minimum absolute atomic E-state index is 0.166. The van der Waals surface area contributed by atoms with Gasteiger partial charge in [0.05, 0.1) is 0 Å². The molecule has 6 heteroatoms. The summed E-state index contributed by atoms with van der Waals surface area (Å²) in [6.45, 7) is 1.85. The summed E-state index contributed by atoms with van der Waals surface area (Å²) in [7, 11) is 1.73. The number of carbonyl (C=O) groups excluding carboxylic acids is 2. The van der Waals surface area contributed by atoms with Crippen molar-refractivity contribution in [2.75, 3.05) is 26.7 Å². The standard InChI is InChI=1S/C18H20N4O2/c1-21(12-13-22-11-5-8-16(22)23)18(24)15-9-10-19-17(20-15)14-6-3-2-4-7-14/h2-4,6-7,9-10H,5,8,11-13H2,1H3. The molecule has 0 unspecified atom stereocenters. The minimum atomic E-state index is -0.166. The van der Waals surface area contributed by atoms with Crippen LogP contribution >= 0.6 is 0 Å². The molecule has 0 atom stereocenters. The molecule has 1 aliphatic rings. The van der Waals surface area contributed by atoms with Gasteiger partial charge < -0.3 is 9.80 Å². The molecule has 2 amide bonds. The number of aromatic nitrogens is 2. The third kappa shape index (κ3) is 3.59. The maximum Gasteiger partial charge on any atom is 0.272 e. The second kappa shape index (κ2) is 7.21. The summed E-state index contributed by atoms with van der Waals surface area (Å²) in [5.74, 6) is 0.537. The third-order valence-corrected chi connectivity index (χ3v) is 4.13. The second-order valence-corrected chi connectivity index (χ2v) is 5.84. The number of likely N-dealkylation sites (N-methyl/N-ethyl adjacent to an activating group) is 1. The normalized spacial score (nSPS) is 14.0. The molecule has 24 heavy (non-hydrogen) atoms. The molecule has 1 saturated heterocycles. The number of hydrogen-bond donors (Lipinski definition) is 0. The molecule has 0 bridgehead atoms. The van der Waals surface area contributed by atoms with Crippen LogP contribution < -0.4 is 0 Å². The fraction of sp³-hybridized carbons (Fsp3) is 0.333. The SMILES string of the molecule is CN(CCN1CCCC1=O)C(=O)c1ccnc(-c2ccccc2)n1. The number of nitrogens with zero attached hydrogens (tertiary/aromatic N) is 4. The van der Waals surface area contributed by atoms with Gasteiger partial charge in [-0.05, 0) is 12.5 Å². The molecule has 3 rings (SSSR count). The van der Waals surface area contributed by atoms with Crippen LogP contribution in [0.25, 0.3) is 11.4 Å². The first-order chi connectivity index (χ1) is 11.6. The quantitative estimate of drug-likeness (QED) is 0.842. The Morgan fingerprint density at radius 1 is 1.25 bits per heavy atom. The summed E-state index contributed by atoms with van der Waals surface area (Å²) in [6, 6.07) is 11.2. The van der Waals surface area contributed by atoms with Gasteiger partial charge in [0, 0.05) is 44.9 Å². The van der Waals surface area contributed by atoms with Crippen LogP contribution in [0.2, 0.25) is 0 Å². The molecule has 2 heterocycles. The maximum atomic E-state index is 12.5. The minimum Gasteiger partial charge on any atom is -0.341 e. The van der Waals surface area contributed by atoms with Gasteiger partial charge >= 0.3 is 0 Å². The van der Waals surface area contributed by atoms with Gasteiger partial charge in [0.2, 0.25) is 5.91 Å². The zero-order valence-corrected chi connectivity index (χ0v) is 13.7. The Morgan fingerprint density at radius 3 is 2.75 bits per heavy atom. The van der Waals surface area contributed by atoms with Gasteiger partial charge in [-0.2, -0.15) is 0 Å². The van der Waals surface area contributed by atoms with Crippen LogP contribution in [-0.4, -0.2) is 58.3 Å². The number of hydrogen-bond acceptors (Lipinski definition) is 4. The summed E-state index contributed by atoms with van der Waals surface area (Å²) in [4.78, 5) is 36.2. The van der Waals surface area contributed by atoms with Gasteiger partial charge in [-0.25, -0.2) is 9.97 Å². The zero-order valence-electron chi connectivity index (χ0n) is 13.7. The largest absolute Gasteiger partial charge is 0.341 e. The van der Waals surface area contributed by atoms with Crippen LogP contribution in [0.15, 0.2) is 42.6 Å². The molecule has 0 N–H and O–H groups in total. The maximum absolute atomic E-state index is 12.5. The molecular weight excluding hydrogens is 304 g/mol. The van der Waals surface area contributed by atoms with Gasteiger partial charge in [0.1, 0.15) is 5.69 Å². The second-order valence-electron chi connectivity index (χ2n) is 5.84. The Kier molecular flexibility index (Phi) is 4.84. The third-order valence-electron chi connectivity index (χ3n) is 4.13. The van der Waals surface area contributed by atoms with Crippen molar-refractivity contribution in [3.05, 3.63) is 48.3 Å². The van der Waals surface area contributed by atoms with Crippen LogP contribution in [0.4, 0.5) is 0 Å². The van der Waals surface area contributed by atoms with Crippen molar-refractivity contribution in [3.63, 3.8) is 0 Å². The van der Waals surface area contributed by atoms with Gasteiger partial charge in [0.15, 0.2) is 5.82 Å². The van der Waals surface area contributed by atoms with E-state index in [1.165, 1.54) is 0 Å². The Balaban J connectivity index is 1.67. The topological polar surface area (TPSA) is 66.4 Å². The first-order valence-electron chi connectivity index (χ1n) is 8.07. The van der Waals surface area contributed by atoms with E-state index in [9.17, 15) is 9.59 Å². The van der Waals surface area contributed by atoms with Gasteiger partial charge in [0.25, 0.3) is 5.91 Å². The molecule has 1 aliphatic heterocycles. The van der Waals surface area contributed by atoms with Crippen LogP contribution in [0, 0.1) is 0 Å². The highest BCUT2D eigenvalue weighted by molar-refractivity contribution is 5.92. The molecule has 2 aromatic rings. The summed E-state index contributed by atoms with van der Waals surface area (Å²) in [5, 5.41) is 0. The van der Waals surface area contributed by atoms with Crippen LogP contribution in [-0.2, 0) is 4.79 Å². The summed E-state index contributed by atoms with van der Waals surface area (Å²) in [5.41, 5.74) is 1.23. The van der Waals surface area contributed by atoms with Gasteiger partial charge in [-0.15, -0.1) is 0 Å². The van der Waals surface area contributed by atoms with Crippen molar-refractivity contribution in [3.8, 4) is 11.4 Å². The smallest absolute Gasteiger partial charge is 0.272 e. The van der Waals surface area contributed by atoms with E-state index in [1.54, 1.807) is 29.1 Å². The van der Waals surface area contributed by atoms with E-state index in [1.807, 2.05) is 30.3 Å². The zero-order chi connectivity index (χ0) is 16.9. The Morgan fingerprint density at radius 2 is 2.04 bits per heavy atom. The molecular formula is C18H20N4O2. The van der Waals surface area contributed by atoms with Crippen molar-refractivity contribution in [1.82, 2.24) is 19.8 Å². The van der Waals surface area contributed by atoms with Crippen LogP contribution in [0.5, 0.6) is 0 Å². The van der Waals surface area contributed by atoms with Crippen molar-refractivity contribution in [1.29, 1.82) is 0 Å². The fourth-order valence-corrected chi connectivity index (χ4v) is 2.71. The van der Waals surface area contributed by atoms with Gasteiger partial charge in [-0.3, -0.25) is 9.59 Å². The first kappa shape index (κ1) is 16.1.